The maximum Gasteiger partial charge on any atom is 0.100 e. The third kappa shape index (κ3) is 1.54. The zero-order valence-electron chi connectivity index (χ0n) is 7.18. The first-order chi connectivity index (χ1) is 6.81. The summed E-state index contributed by atoms with van der Waals surface area (Å²) in [6.45, 7) is 0. The Balaban J connectivity index is 2.49. The van der Waals surface area contributed by atoms with Crippen molar-refractivity contribution in [2.75, 3.05) is 0 Å². The molecule has 3 nitrogen and oxygen atoms in total. The van der Waals surface area contributed by atoms with Crippen LogP contribution in [0.2, 0.25) is 0 Å². The Kier molecular flexibility index (Phi) is 2.33. The van der Waals surface area contributed by atoms with Gasteiger partial charge in [-0.05, 0) is 40.2 Å². The van der Waals surface area contributed by atoms with Gasteiger partial charge in [0.1, 0.15) is 6.07 Å². The minimum atomic E-state index is 0.626. The lowest BCUT2D eigenvalue weighted by molar-refractivity contribution is 0.879. The molecule has 0 N–H and O–H groups in total. The number of hydrogen-bond acceptors (Lipinski definition) is 2. The van der Waals surface area contributed by atoms with Crippen molar-refractivity contribution in [3.8, 4) is 11.8 Å². The standard InChI is InChI=1S/C10H6BrN3/c11-10-6-9(3-2-8(10)7-12)14-5-1-4-13-14/h1-6H. The highest BCUT2D eigenvalue weighted by molar-refractivity contribution is 9.10. The number of halogens is 1. The van der Waals surface area contributed by atoms with E-state index in [0.29, 0.717) is 5.56 Å². The van der Waals surface area contributed by atoms with Crippen LogP contribution in [0, 0.1) is 11.3 Å². The minimum absolute atomic E-state index is 0.626. The topological polar surface area (TPSA) is 41.6 Å². The maximum atomic E-state index is 8.74. The Morgan fingerprint density at radius 2 is 2.29 bits per heavy atom. The van der Waals surface area contributed by atoms with Crippen LogP contribution in [0.1, 0.15) is 5.56 Å². The Morgan fingerprint density at radius 1 is 1.43 bits per heavy atom. The molecule has 0 aliphatic heterocycles. The van der Waals surface area contributed by atoms with Crippen molar-refractivity contribution < 1.29 is 0 Å². The number of rotatable bonds is 1. The fourth-order valence-corrected chi connectivity index (χ4v) is 1.61. The quantitative estimate of drug-likeness (QED) is 0.777. The Morgan fingerprint density at radius 3 is 2.86 bits per heavy atom. The Labute approximate surface area is 89.7 Å². The number of benzene rings is 1. The average molecular weight is 248 g/mol. The van der Waals surface area contributed by atoms with Gasteiger partial charge in [-0.2, -0.15) is 10.4 Å². The summed E-state index contributed by atoms with van der Waals surface area (Å²) >= 11 is 3.33. The van der Waals surface area contributed by atoms with Crippen molar-refractivity contribution in [1.29, 1.82) is 5.26 Å². The molecular formula is C10H6BrN3. The normalized spacial score (nSPS) is 9.71. The first kappa shape index (κ1) is 8.97. The van der Waals surface area contributed by atoms with Crippen molar-refractivity contribution in [1.82, 2.24) is 9.78 Å². The van der Waals surface area contributed by atoms with Crippen LogP contribution in [0.15, 0.2) is 41.1 Å². The SMILES string of the molecule is N#Cc1ccc(-n2cccn2)cc1Br. The molecule has 0 atom stereocenters. The lowest BCUT2D eigenvalue weighted by Crippen LogP contribution is -1.94. The van der Waals surface area contributed by atoms with E-state index in [-0.39, 0.29) is 0 Å². The van der Waals surface area contributed by atoms with E-state index in [1.54, 1.807) is 16.9 Å². The van der Waals surface area contributed by atoms with Gasteiger partial charge in [0.15, 0.2) is 0 Å². The molecule has 1 aromatic carbocycles. The molecule has 1 aromatic heterocycles. The van der Waals surface area contributed by atoms with Gasteiger partial charge in [-0.15, -0.1) is 0 Å². The van der Waals surface area contributed by atoms with E-state index in [4.69, 9.17) is 5.26 Å². The van der Waals surface area contributed by atoms with E-state index < -0.39 is 0 Å². The molecule has 0 bridgehead atoms. The molecule has 68 valence electrons. The van der Waals surface area contributed by atoms with Crippen LogP contribution in [-0.4, -0.2) is 9.78 Å². The van der Waals surface area contributed by atoms with Gasteiger partial charge in [-0.3, -0.25) is 0 Å². The molecule has 0 saturated carbocycles. The molecule has 2 aromatic rings. The minimum Gasteiger partial charge on any atom is -0.241 e. The van der Waals surface area contributed by atoms with Crippen molar-refractivity contribution in [2.24, 2.45) is 0 Å². The third-order valence-corrected chi connectivity index (χ3v) is 2.50. The van der Waals surface area contributed by atoms with Crippen LogP contribution in [0.4, 0.5) is 0 Å². The zero-order valence-corrected chi connectivity index (χ0v) is 8.77. The van der Waals surface area contributed by atoms with E-state index >= 15 is 0 Å². The van der Waals surface area contributed by atoms with Gasteiger partial charge in [-0.1, -0.05) is 0 Å². The van der Waals surface area contributed by atoms with E-state index in [1.165, 1.54) is 0 Å². The van der Waals surface area contributed by atoms with Gasteiger partial charge in [0.2, 0.25) is 0 Å². The van der Waals surface area contributed by atoms with Gasteiger partial charge in [0.25, 0.3) is 0 Å². The molecule has 2 rings (SSSR count). The summed E-state index contributed by atoms with van der Waals surface area (Å²) in [6, 6.07) is 9.43. The summed E-state index contributed by atoms with van der Waals surface area (Å²) in [4.78, 5) is 0. The second-order valence-electron chi connectivity index (χ2n) is 2.73. The predicted octanol–water partition coefficient (Wildman–Crippen LogP) is 2.51. The van der Waals surface area contributed by atoms with Crippen molar-refractivity contribution >= 4 is 15.9 Å². The first-order valence-corrected chi connectivity index (χ1v) is 4.80. The smallest absolute Gasteiger partial charge is 0.100 e. The van der Waals surface area contributed by atoms with Crippen LogP contribution < -0.4 is 0 Å². The molecule has 0 radical (unpaired) electrons. The van der Waals surface area contributed by atoms with Crippen LogP contribution in [-0.2, 0) is 0 Å². The molecule has 0 fully saturated rings. The summed E-state index contributed by atoms with van der Waals surface area (Å²) in [6.07, 6.45) is 3.57. The van der Waals surface area contributed by atoms with Crippen LogP contribution in [0.3, 0.4) is 0 Å². The highest BCUT2D eigenvalue weighted by Crippen LogP contribution is 2.19. The number of nitrogens with zero attached hydrogens (tertiary/aromatic N) is 3. The second-order valence-corrected chi connectivity index (χ2v) is 3.58. The van der Waals surface area contributed by atoms with Crippen molar-refractivity contribution in [3.63, 3.8) is 0 Å². The lowest BCUT2D eigenvalue weighted by Gasteiger charge is -2.02. The average Bonchev–Trinajstić information content (AvgIpc) is 2.70. The monoisotopic (exact) mass is 247 g/mol. The molecule has 0 amide bonds. The Bertz CT molecular complexity index is 483. The van der Waals surface area contributed by atoms with Gasteiger partial charge in [0.05, 0.1) is 11.3 Å². The highest BCUT2D eigenvalue weighted by atomic mass is 79.9. The molecule has 0 saturated heterocycles. The molecule has 0 aliphatic rings. The third-order valence-electron chi connectivity index (χ3n) is 1.84. The van der Waals surface area contributed by atoms with E-state index in [9.17, 15) is 0 Å². The lowest BCUT2D eigenvalue weighted by atomic mass is 10.2. The molecule has 14 heavy (non-hydrogen) atoms. The maximum absolute atomic E-state index is 8.74. The molecule has 1 heterocycles. The van der Waals surface area contributed by atoms with E-state index in [2.05, 4.69) is 27.1 Å². The van der Waals surface area contributed by atoms with Crippen LogP contribution in [0.25, 0.3) is 5.69 Å². The van der Waals surface area contributed by atoms with Crippen molar-refractivity contribution in [2.45, 2.75) is 0 Å². The number of hydrogen-bond donors (Lipinski definition) is 0. The van der Waals surface area contributed by atoms with Gasteiger partial charge < -0.3 is 0 Å². The fraction of sp³-hybridized carbons (Fsp3) is 0. The number of aromatic nitrogens is 2. The first-order valence-electron chi connectivity index (χ1n) is 4.01. The second kappa shape index (κ2) is 3.64. The molecule has 4 heteroatoms. The zero-order chi connectivity index (χ0) is 9.97. The largest absolute Gasteiger partial charge is 0.241 e. The van der Waals surface area contributed by atoms with Crippen LogP contribution in [0.5, 0.6) is 0 Å². The molecule has 0 aliphatic carbocycles. The fourth-order valence-electron chi connectivity index (χ4n) is 1.16. The molecular weight excluding hydrogens is 242 g/mol. The van der Waals surface area contributed by atoms with E-state index in [1.807, 2.05) is 24.4 Å². The van der Waals surface area contributed by atoms with Gasteiger partial charge >= 0.3 is 0 Å². The number of nitriles is 1. The summed E-state index contributed by atoms with van der Waals surface area (Å²) in [5, 5.41) is 12.8. The van der Waals surface area contributed by atoms with E-state index in [0.717, 1.165) is 10.2 Å². The van der Waals surface area contributed by atoms with Crippen LogP contribution >= 0.6 is 15.9 Å². The molecule has 0 unspecified atom stereocenters. The summed E-state index contributed by atoms with van der Waals surface area (Å²) in [5.74, 6) is 0. The van der Waals surface area contributed by atoms with Gasteiger partial charge in [0, 0.05) is 16.9 Å². The highest BCUT2D eigenvalue weighted by Gasteiger charge is 2.01. The summed E-state index contributed by atoms with van der Waals surface area (Å²) < 4.78 is 2.53. The predicted molar refractivity (Wildman–Crippen MR) is 56.0 cm³/mol. The summed E-state index contributed by atoms with van der Waals surface area (Å²) in [5.41, 5.74) is 1.56. The molecule has 0 spiro atoms. The van der Waals surface area contributed by atoms with Crippen molar-refractivity contribution in [3.05, 3.63) is 46.7 Å². The summed E-state index contributed by atoms with van der Waals surface area (Å²) in [7, 11) is 0. The van der Waals surface area contributed by atoms with Gasteiger partial charge in [-0.25, -0.2) is 4.68 Å². The Hall–Kier alpha value is -1.60.